The lowest BCUT2D eigenvalue weighted by atomic mass is 10.2. The van der Waals surface area contributed by atoms with Gasteiger partial charge in [0.05, 0.1) is 19.1 Å². The minimum Gasteiger partial charge on any atom is -0.493 e. The molecule has 0 fully saturated rings. The molecular formula is C22H24N4O5S2. The molecule has 1 aromatic heterocycles. The molecule has 3 rings (SSSR count). The Hall–Kier alpha value is -3.28. The van der Waals surface area contributed by atoms with Crippen molar-refractivity contribution < 1.29 is 22.7 Å². The highest BCUT2D eigenvalue weighted by atomic mass is 32.2. The fourth-order valence-electron chi connectivity index (χ4n) is 2.77. The number of hydrogen-bond donors (Lipinski definition) is 2. The van der Waals surface area contributed by atoms with Crippen LogP contribution in [0.3, 0.4) is 0 Å². The van der Waals surface area contributed by atoms with E-state index < -0.39 is 10.0 Å². The lowest BCUT2D eigenvalue weighted by molar-refractivity contribution is -0.111. The fraction of sp³-hybridized carbons (Fsp3) is 0.227. The number of rotatable bonds is 10. The highest BCUT2D eigenvalue weighted by Crippen LogP contribution is 2.28. The van der Waals surface area contributed by atoms with Crippen LogP contribution in [0, 0.1) is 6.92 Å². The maximum Gasteiger partial charge on any atom is 0.250 e. The van der Waals surface area contributed by atoms with E-state index in [-0.39, 0.29) is 17.3 Å². The maximum atomic E-state index is 12.3. The van der Waals surface area contributed by atoms with Crippen LogP contribution < -0.4 is 19.5 Å². The van der Waals surface area contributed by atoms with Gasteiger partial charge in [0, 0.05) is 19.0 Å². The van der Waals surface area contributed by atoms with Gasteiger partial charge in [-0.25, -0.2) is 13.1 Å². The van der Waals surface area contributed by atoms with E-state index in [1.165, 1.54) is 17.4 Å². The number of benzene rings is 2. The second-order valence-electron chi connectivity index (χ2n) is 6.90. The molecule has 174 valence electrons. The molecule has 11 heteroatoms. The standard InChI is InChI=1S/C22H24N4O5S2/c1-15-4-8-17(9-5-15)33(28,29)23-13-12-21-25-26-22(32-21)24-20(27)11-7-16-6-10-18(30-2)19(14-16)31-3/h4-11,14,23H,12-13H2,1-3H3,(H,24,26,27)/b11-7+. The van der Waals surface area contributed by atoms with E-state index in [0.717, 1.165) is 11.1 Å². The van der Waals surface area contributed by atoms with Crippen LogP contribution in [-0.2, 0) is 21.2 Å². The van der Waals surface area contributed by atoms with Crippen molar-refractivity contribution in [3.63, 3.8) is 0 Å². The molecule has 1 heterocycles. The van der Waals surface area contributed by atoms with E-state index in [0.29, 0.717) is 28.1 Å². The molecule has 0 aliphatic carbocycles. The first-order chi connectivity index (χ1) is 15.8. The second kappa shape index (κ2) is 11.0. The molecule has 1 amide bonds. The number of nitrogens with one attached hydrogen (secondary N) is 2. The first-order valence-electron chi connectivity index (χ1n) is 9.90. The maximum absolute atomic E-state index is 12.3. The summed E-state index contributed by atoms with van der Waals surface area (Å²) in [6.07, 6.45) is 3.36. The molecule has 33 heavy (non-hydrogen) atoms. The zero-order valence-electron chi connectivity index (χ0n) is 18.4. The van der Waals surface area contributed by atoms with E-state index in [1.807, 2.05) is 6.92 Å². The smallest absolute Gasteiger partial charge is 0.250 e. The van der Waals surface area contributed by atoms with Gasteiger partial charge in [0.25, 0.3) is 0 Å². The third-order valence-electron chi connectivity index (χ3n) is 4.49. The normalized spacial score (nSPS) is 11.5. The third-order valence-corrected chi connectivity index (χ3v) is 6.87. The first kappa shape index (κ1) is 24.4. The molecule has 0 saturated carbocycles. The number of anilines is 1. The predicted octanol–water partition coefficient (Wildman–Crippen LogP) is 3.04. The van der Waals surface area contributed by atoms with Gasteiger partial charge < -0.3 is 9.47 Å². The van der Waals surface area contributed by atoms with E-state index >= 15 is 0 Å². The number of sulfonamides is 1. The number of amides is 1. The summed E-state index contributed by atoms with van der Waals surface area (Å²) >= 11 is 1.18. The van der Waals surface area contributed by atoms with Gasteiger partial charge in [0.15, 0.2) is 11.5 Å². The predicted molar refractivity (Wildman–Crippen MR) is 127 cm³/mol. The number of aryl methyl sites for hydroxylation is 1. The number of nitrogens with zero attached hydrogens (tertiary/aromatic N) is 2. The molecule has 0 aliphatic heterocycles. The Kier molecular flexibility index (Phi) is 8.15. The number of carbonyl (C=O) groups is 1. The molecule has 2 N–H and O–H groups in total. The summed E-state index contributed by atoms with van der Waals surface area (Å²) in [4.78, 5) is 12.4. The highest BCUT2D eigenvalue weighted by molar-refractivity contribution is 7.89. The molecule has 0 unspecified atom stereocenters. The van der Waals surface area contributed by atoms with Crippen LogP contribution in [-0.4, -0.2) is 45.3 Å². The van der Waals surface area contributed by atoms with Crippen molar-refractivity contribution in [1.82, 2.24) is 14.9 Å². The molecular weight excluding hydrogens is 464 g/mol. The van der Waals surface area contributed by atoms with Gasteiger partial charge in [-0.1, -0.05) is 35.1 Å². The molecule has 3 aromatic rings. The van der Waals surface area contributed by atoms with Crippen molar-refractivity contribution in [2.75, 3.05) is 26.1 Å². The van der Waals surface area contributed by atoms with Crippen LogP contribution in [0.5, 0.6) is 11.5 Å². The van der Waals surface area contributed by atoms with Crippen LogP contribution >= 0.6 is 11.3 Å². The van der Waals surface area contributed by atoms with Crippen LogP contribution in [0.15, 0.2) is 53.4 Å². The number of ether oxygens (including phenoxy) is 2. The summed E-state index contributed by atoms with van der Waals surface area (Å²) in [5, 5.41) is 11.5. The van der Waals surface area contributed by atoms with Gasteiger partial charge in [-0.05, 0) is 42.8 Å². The Bertz CT molecular complexity index is 1240. The van der Waals surface area contributed by atoms with Crippen LogP contribution in [0.25, 0.3) is 6.08 Å². The highest BCUT2D eigenvalue weighted by Gasteiger charge is 2.14. The minimum absolute atomic E-state index is 0.165. The van der Waals surface area contributed by atoms with Gasteiger partial charge in [-0.3, -0.25) is 10.1 Å². The number of hydrogen-bond acceptors (Lipinski definition) is 8. The van der Waals surface area contributed by atoms with Gasteiger partial charge >= 0.3 is 0 Å². The van der Waals surface area contributed by atoms with E-state index in [9.17, 15) is 13.2 Å². The average Bonchev–Trinajstić information content (AvgIpc) is 3.24. The van der Waals surface area contributed by atoms with Crippen LogP contribution in [0.2, 0.25) is 0 Å². The van der Waals surface area contributed by atoms with E-state index in [4.69, 9.17) is 9.47 Å². The summed E-state index contributed by atoms with van der Waals surface area (Å²) in [6.45, 7) is 2.06. The fourth-order valence-corrected chi connectivity index (χ4v) is 4.55. The zero-order valence-corrected chi connectivity index (χ0v) is 20.0. The Morgan fingerprint density at radius 1 is 1.06 bits per heavy atom. The Balaban J connectivity index is 1.51. The van der Waals surface area contributed by atoms with Gasteiger partial charge in [-0.15, -0.1) is 10.2 Å². The number of carbonyl (C=O) groups excluding carboxylic acids is 1. The molecule has 0 aliphatic rings. The third kappa shape index (κ3) is 6.85. The van der Waals surface area contributed by atoms with Gasteiger partial charge in [0.1, 0.15) is 5.01 Å². The van der Waals surface area contributed by atoms with Crippen LogP contribution in [0.4, 0.5) is 5.13 Å². The van der Waals surface area contributed by atoms with Crippen molar-refractivity contribution in [2.24, 2.45) is 0 Å². The van der Waals surface area contributed by atoms with Crippen molar-refractivity contribution in [2.45, 2.75) is 18.2 Å². The SMILES string of the molecule is COc1ccc(/C=C/C(=O)Nc2nnc(CCNS(=O)(=O)c3ccc(C)cc3)s2)cc1OC. The number of aromatic nitrogens is 2. The number of methoxy groups -OCH3 is 2. The van der Waals surface area contributed by atoms with Gasteiger partial charge in [0.2, 0.25) is 21.1 Å². The van der Waals surface area contributed by atoms with E-state index in [1.54, 1.807) is 62.8 Å². The van der Waals surface area contributed by atoms with Crippen LogP contribution in [0.1, 0.15) is 16.1 Å². The minimum atomic E-state index is -3.59. The Labute approximate surface area is 196 Å². The van der Waals surface area contributed by atoms with Crippen molar-refractivity contribution in [3.05, 3.63) is 64.7 Å². The topological polar surface area (TPSA) is 120 Å². The Morgan fingerprint density at radius 2 is 1.79 bits per heavy atom. The molecule has 9 nitrogen and oxygen atoms in total. The summed E-state index contributed by atoms with van der Waals surface area (Å²) in [6, 6.07) is 11.9. The average molecular weight is 489 g/mol. The monoisotopic (exact) mass is 488 g/mol. The van der Waals surface area contributed by atoms with E-state index in [2.05, 4.69) is 20.2 Å². The Morgan fingerprint density at radius 3 is 2.48 bits per heavy atom. The first-order valence-corrected chi connectivity index (χ1v) is 12.2. The van der Waals surface area contributed by atoms with Crippen molar-refractivity contribution in [1.29, 1.82) is 0 Å². The lowest BCUT2D eigenvalue weighted by Crippen LogP contribution is -2.25. The largest absolute Gasteiger partial charge is 0.493 e. The molecule has 0 atom stereocenters. The molecule has 2 aromatic carbocycles. The zero-order chi connectivity index (χ0) is 23.8. The summed E-state index contributed by atoms with van der Waals surface area (Å²) in [5.41, 5.74) is 1.75. The van der Waals surface area contributed by atoms with Gasteiger partial charge in [-0.2, -0.15) is 0 Å². The van der Waals surface area contributed by atoms with Crippen molar-refractivity contribution >= 4 is 38.5 Å². The quantitative estimate of drug-likeness (QED) is 0.421. The molecule has 0 bridgehead atoms. The summed E-state index contributed by atoms with van der Waals surface area (Å²) in [7, 11) is -0.500. The molecule has 0 radical (unpaired) electrons. The van der Waals surface area contributed by atoms with Crippen molar-refractivity contribution in [3.8, 4) is 11.5 Å². The summed E-state index contributed by atoms with van der Waals surface area (Å²) < 4.78 is 37.6. The lowest BCUT2D eigenvalue weighted by Gasteiger charge is -2.07. The second-order valence-corrected chi connectivity index (χ2v) is 9.73. The molecule has 0 spiro atoms. The summed E-state index contributed by atoms with van der Waals surface area (Å²) in [5.74, 6) is 0.793. The molecule has 0 saturated heterocycles.